The topological polar surface area (TPSA) is 54.0 Å². The molecule has 138 valence electrons. The van der Waals surface area contributed by atoms with Gasteiger partial charge in [0, 0.05) is 27.9 Å². The highest BCUT2D eigenvalue weighted by atomic mass is 32.1. The van der Waals surface area contributed by atoms with Crippen molar-refractivity contribution in [2.24, 2.45) is 0 Å². The molecule has 28 heavy (non-hydrogen) atoms. The number of hydrogen-bond donors (Lipinski definition) is 2. The highest BCUT2D eigenvalue weighted by Crippen LogP contribution is 2.31. The lowest BCUT2D eigenvalue weighted by Crippen LogP contribution is -2.19. The van der Waals surface area contributed by atoms with Crippen molar-refractivity contribution in [1.82, 2.24) is 4.98 Å². The highest BCUT2D eigenvalue weighted by Gasteiger charge is 2.09. The first kappa shape index (κ1) is 17.9. The van der Waals surface area contributed by atoms with Crippen LogP contribution in [0.2, 0.25) is 0 Å². The summed E-state index contributed by atoms with van der Waals surface area (Å²) in [6.07, 6.45) is 0. The van der Waals surface area contributed by atoms with Crippen molar-refractivity contribution in [2.75, 3.05) is 10.6 Å². The minimum absolute atomic E-state index is 0.269. The van der Waals surface area contributed by atoms with E-state index in [1.54, 1.807) is 11.3 Å². The van der Waals surface area contributed by atoms with Crippen molar-refractivity contribution in [3.8, 4) is 21.8 Å². The molecule has 2 amide bonds. The summed E-state index contributed by atoms with van der Waals surface area (Å²) in [6, 6.07) is 25.0. The van der Waals surface area contributed by atoms with Crippen molar-refractivity contribution < 1.29 is 4.79 Å². The third-order valence-electron chi connectivity index (χ3n) is 4.35. The minimum atomic E-state index is -0.269. The molecule has 5 heteroatoms. The third kappa shape index (κ3) is 4.10. The molecular formula is C23H19N3OS. The van der Waals surface area contributed by atoms with E-state index in [0.717, 1.165) is 33.2 Å². The van der Waals surface area contributed by atoms with Crippen LogP contribution in [0.5, 0.6) is 0 Å². The van der Waals surface area contributed by atoms with Crippen molar-refractivity contribution in [1.29, 1.82) is 0 Å². The lowest BCUT2D eigenvalue weighted by atomic mass is 10.1. The van der Waals surface area contributed by atoms with Gasteiger partial charge in [-0.1, -0.05) is 54.6 Å². The van der Waals surface area contributed by atoms with Crippen molar-refractivity contribution in [3.63, 3.8) is 0 Å². The SMILES string of the molecule is Cc1ccccc1-c1nc(-c2ccc(NC(=O)Nc3ccccc3)cc2)cs1. The zero-order chi connectivity index (χ0) is 19.3. The Labute approximate surface area is 167 Å². The number of aryl methyl sites for hydroxylation is 1. The van der Waals surface area contributed by atoms with E-state index in [4.69, 9.17) is 4.98 Å². The van der Waals surface area contributed by atoms with E-state index in [9.17, 15) is 4.79 Å². The molecule has 3 aromatic carbocycles. The van der Waals surface area contributed by atoms with Crippen molar-refractivity contribution in [2.45, 2.75) is 6.92 Å². The summed E-state index contributed by atoms with van der Waals surface area (Å²) >= 11 is 1.64. The summed E-state index contributed by atoms with van der Waals surface area (Å²) < 4.78 is 0. The number of aromatic nitrogens is 1. The molecule has 0 aliphatic carbocycles. The summed E-state index contributed by atoms with van der Waals surface area (Å²) in [6.45, 7) is 2.09. The zero-order valence-electron chi connectivity index (χ0n) is 15.3. The van der Waals surface area contributed by atoms with Crippen LogP contribution in [-0.2, 0) is 0 Å². The number of benzene rings is 3. The molecule has 2 N–H and O–H groups in total. The van der Waals surface area contributed by atoms with Gasteiger partial charge in [-0.15, -0.1) is 11.3 Å². The van der Waals surface area contributed by atoms with Gasteiger partial charge in [0.25, 0.3) is 0 Å². The number of anilines is 2. The Morgan fingerprint density at radius 2 is 1.46 bits per heavy atom. The summed E-state index contributed by atoms with van der Waals surface area (Å²) in [4.78, 5) is 16.9. The monoisotopic (exact) mass is 385 g/mol. The van der Waals surface area contributed by atoms with E-state index >= 15 is 0 Å². The molecule has 1 heterocycles. The van der Waals surface area contributed by atoms with Gasteiger partial charge in [-0.2, -0.15) is 0 Å². The third-order valence-corrected chi connectivity index (χ3v) is 5.23. The van der Waals surface area contributed by atoms with Gasteiger partial charge in [0.1, 0.15) is 5.01 Å². The number of hydrogen-bond acceptors (Lipinski definition) is 3. The fourth-order valence-electron chi connectivity index (χ4n) is 2.88. The molecule has 0 unspecified atom stereocenters. The minimum Gasteiger partial charge on any atom is -0.308 e. The molecule has 0 radical (unpaired) electrons. The number of urea groups is 1. The molecule has 0 saturated carbocycles. The first-order chi connectivity index (χ1) is 13.7. The predicted molar refractivity (Wildman–Crippen MR) is 117 cm³/mol. The van der Waals surface area contributed by atoms with Crippen LogP contribution in [0.3, 0.4) is 0 Å². The zero-order valence-corrected chi connectivity index (χ0v) is 16.2. The van der Waals surface area contributed by atoms with E-state index in [0.29, 0.717) is 0 Å². The molecule has 0 aliphatic rings. The molecule has 4 aromatic rings. The van der Waals surface area contributed by atoms with Gasteiger partial charge in [-0.25, -0.2) is 9.78 Å². The van der Waals surface area contributed by atoms with Crippen LogP contribution in [0, 0.1) is 6.92 Å². The number of carbonyl (C=O) groups is 1. The number of para-hydroxylation sites is 1. The lowest BCUT2D eigenvalue weighted by molar-refractivity contribution is 0.262. The first-order valence-electron chi connectivity index (χ1n) is 8.94. The van der Waals surface area contributed by atoms with Gasteiger partial charge >= 0.3 is 6.03 Å². The molecule has 0 saturated heterocycles. The van der Waals surface area contributed by atoms with Gasteiger partial charge in [0.15, 0.2) is 0 Å². The lowest BCUT2D eigenvalue weighted by Gasteiger charge is -2.08. The second kappa shape index (κ2) is 8.06. The Morgan fingerprint density at radius 3 is 2.18 bits per heavy atom. The van der Waals surface area contributed by atoms with Gasteiger partial charge in [-0.05, 0) is 36.8 Å². The Kier molecular flexibility index (Phi) is 5.17. The Hall–Kier alpha value is -3.44. The second-order valence-corrected chi connectivity index (χ2v) is 7.23. The summed E-state index contributed by atoms with van der Waals surface area (Å²) in [5.41, 5.74) is 5.81. The van der Waals surface area contributed by atoms with Gasteiger partial charge in [0.2, 0.25) is 0 Å². The fourth-order valence-corrected chi connectivity index (χ4v) is 3.80. The smallest absolute Gasteiger partial charge is 0.308 e. The highest BCUT2D eigenvalue weighted by molar-refractivity contribution is 7.13. The summed E-state index contributed by atoms with van der Waals surface area (Å²) in [5.74, 6) is 0. The second-order valence-electron chi connectivity index (χ2n) is 6.38. The summed E-state index contributed by atoms with van der Waals surface area (Å²) in [7, 11) is 0. The molecule has 0 atom stereocenters. The van der Waals surface area contributed by atoms with Crippen molar-refractivity contribution in [3.05, 3.63) is 89.8 Å². The maximum atomic E-state index is 12.1. The quantitative estimate of drug-likeness (QED) is 0.425. The number of rotatable bonds is 4. The maximum absolute atomic E-state index is 12.1. The Bertz CT molecular complexity index is 1090. The first-order valence-corrected chi connectivity index (χ1v) is 9.82. The molecular weight excluding hydrogens is 366 g/mol. The maximum Gasteiger partial charge on any atom is 0.323 e. The van der Waals surface area contributed by atoms with Crippen LogP contribution in [0.15, 0.2) is 84.2 Å². The van der Waals surface area contributed by atoms with Crippen LogP contribution in [0.1, 0.15) is 5.56 Å². The molecule has 0 bridgehead atoms. The molecule has 0 fully saturated rings. The van der Waals surface area contributed by atoms with Crippen LogP contribution in [-0.4, -0.2) is 11.0 Å². The van der Waals surface area contributed by atoms with E-state index in [1.165, 1.54) is 5.56 Å². The van der Waals surface area contributed by atoms with E-state index in [2.05, 4.69) is 35.1 Å². The van der Waals surface area contributed by atoms with Crippen LogP contribution >= 0.6 is 11.3 Å². The summed E-state index contributed by atoms with van der Waals surface area (Å²) in [5, 5.41) is 8.72. The van der Waals surface area contributed by atoms with Gasteiger partial charge < -0.3 is 10.6 Å². The largest absolute Gasteiger partial charge is 0.323 e. The predicted octanol–water partition coefficient (Wildman–Crippen LogP) is 6.43. The number of nitrogens with zero attached hydrogens (tertiary/aromatic N) is 1. The van der Waals surface area contributed by atoms with Gasteiger partial charge in [0.05, 0.1) is 5.69 Å². The average Bonchev–Trinajstić information content (AvgIpc) is 3.19. The van der Waals surface area contributed by atoms with Crippen LogP contribution in [0.25, 0.3) is 21.8 Å². The molecule has 0 aliphatic heterocycles. The van der Waals surface area contributed by atoms with Crippen LogP contribution < -0.4 is 10.6 Å². The van der Waals surface area contributed by atoms with E-state index in [-0.39, 0.29) is 6.03 Å². The average molecular weight is 385 g/mol. The number of nitrogens with one attached hydrogen (secondary N) is 2. The van der Waals surface area contributed by atoms with Crippen LogP contribution in [0.4, 0.5) is 16.2 Å². The Balaban J connectivity index is 1.45. The number of carbonyl (C=O) groups excluding carboxylic acids is 1. The normalized spacial score (nSPS) is 10.5. The molecule has 4 rings (SSSR count). The molecule has 4 nitrogen and oxygen atoms in total. The number of amides is 2. The van der Waals surface area contributed by atoms with Gasteiger partial charge in [-0.3, -0.25) is 0 Å². The van der Waals surface area contributed by atoms with E-state index < -0.39 is 0 Å². The molecule has 1 aromatic heterocycles. The standard InChI is InChI=1S/C23H19N3OS/c1-16-7-5-6-10-20(16)22-26-21(15-28-22)17-11-13-19(14-12-17)25-23(27)24-18-8-3-2-4-9-18/h2-15H,1H3,(H2,24,25,27). The number of thiazole rings is 1. The fraction of sp³-hybridized carbons (Fsp3) is 0.0435. The van der Waals surface area contributed by atoms with E-state index in [1.807, 2.05) is 66.7 Å². The van der Waals surface area contributed by atoms with Crippen molar-refractivity contribution >= 4 is 28.7 Å². The molecule has 0 spiro atoms. The Morgan fingerprint density at radius 1 is 0.821 bits per heavy atom.